The van der Waals surface area contributed by atoms with Gasteiger partial charge in [0.2, 0.25) is 0 Å². The lowest BCUT2D eigenvalue weighted by molar-refractivity contribution is 0.0692. The Morgan fingerprint density at radius 1 is 1.53 bits per heavy atom. The maximum absolute atomic E-state index is 11.1. The molecule has 0 saturated heterocycles. The van der Waals surface area contributed by atoms with Crippen molar-refractivity contribution in [3.05, 3.63) is 35.9 Å². The molecule has 4 heteroatoms. The maximum Gasteiger partial charge on any atom is 0.339 e. The fourth-order valence-electron chi connectivity index (χ4n) is 1.48. The summed E-state index contributed by atoms with van der Waals surface area (Å²) in [6, 6.07) is 2.78. The van der Waals surface area contributed by atoms with Crippen LogP contribution in [0.1, 0.15) is 35.7 Å². The Morgan fingerprint density at radius 3 is 2.65 bits per heavy atom. The fourth-order valence-corrected chi connectivity index (χ4v) is 1.48. The summed E-state index contributed by atoms with van der Waals surface area (Å²) in [7, 11) is 0. The van der Waals surface area contributed by atoms with Gasteiger partial charge in [-0.05, 0) is 17.5 Å². The largest absolute Gasteiger partial charge is 0.508 e. The number of hydrogen-bond donors (Lipinski definition) is 2. The molecule has 4 nitrogen and oxygen atoms in total. The minimum atomic E-state index is -1.08. The molecule has 0 atom stereocenters. The van der Waals surface area contributed by atoms with Gasteiger partial charge in [0.1, 0.15) is 23.7 Å². The summed E-state index contributed by atoms with van der Waals surface area (Å²) >= 11 is 0. The van der Waals surface area contributed by atoms with Crippen LogP contribution in [-0.2, 0) is 0 Å². The number of carbonyl (C=O) groups is 1. The fraction of sp³-hybridized carbons (Fsp3) is 0.308. The molecule has 0 heterocycles. The zero-order chi connectivity index (χ0) is 13.0. The summed E-state index contributed by atoms with van der Waals surface area (Å²) in [6.07, 6.45) is 1.51. The van der Waals surface area contributed by atoms with Crippen LogP contribution in [0.3, 0.4) is 0 Å². The quantitative estimate of drug-likeness (QED) is 0.771. The molecule has 1 aromatic rings. The number of phenols is 1. The van der Waals surface area contributed by atoms with Gasteiger partial charge in [-0.2, -0.15) is 0 Å². The second-order valence-electron chi connectivity index (χ2n) is 3.97. The van der Waals surface area contributed by atoms with Gasteiger partial charge >= 0.3 is 5.97 Å². The molecule has 0 amide bonds. The van der Waals surface area contributed by atoms with E-state index in [4.69, 9.17) is 9.84 Å². The predicted octanol–water partition coefficient (Wildman–Crippen LogP) is 2.78. The molecule has 0 aliphatic heterocycles. The summed E-state index contributed by atoms with van der Waals surface area (Å²) in [5.41, 5.74) is 0.640. The van der Waals surface area contributed by atoms with Crippen molar-refractivity contribution in [2.24, 2.45) is 0 Å². The molecular formula is C13H16O4. The average Bonchev–Trinajstić information content (AvgIpc) is 2.25. The minimum absolute atomic E-state index is 0.0431. The zero-order valence-corrected chi connectivity index (χ0v) is 9.93. The van der Waals surface area contributed by atoms with E-state index in [1.54, 1.807) is 0 Å². The van der Waals surface area contributed by atoms with Crippen LogP contribution in [0.5, 0.6) is 11.5 Å². The van der Waals surface area contributed by atoms with Crippen molar-refractivity contribution >= 4 is 5.97 Å². The Kier molecular flexibility index (Phi) is 4.15. The van der Waals surface area contributed by atoms with E-state index in [2.05, 4.69) is 6.58 Å². The van der Waals surface area contributed by atoms with Gasteiger partial charge < -0.3 is 14.9 Å². The van der Waals surface area contributed by atoms with Gasteiger partial charge in [0.15, 0.2) is 0 Å². The van der Waals surface area contributed by atoms with Crippen LogP contribution in [0.2, 0.25) is 0 Å². The average molecular weight is 236 g/mol. The van der Waals surface area contributed by atoms with Crippen LogP contribution in [-0.4, -0.2) is 22.8 Å². The van der Waals surface area contributed by atoms with Crippen LogP contribution in [0.25, 0.3) is 0 Å². The molecule has 0 aliphatic carbocycles. The van der Waals surface area contributed by atoms with Crippen molar-refractivity contribution in [1.29, 1.82) is 0 Å². The van der Waals surface area contributed by atoms with E-state index in [1.165, 1.54) is 18.2 Å². The van der Waals surface area contributed by atoms with E-state index in [1.807, 2.05) is 13.8 Å². The standard InChI is InChI=1S/C13H16O4/c1-4-5-17-12-7-11(14)9(8(2)3)6-10(12)13(15)16/h4,6-8,14H,1,5H2,2-3H3,(H,15,16). The first-order valence-corrected chi connectivity index (χ1v) is 5.31. The Morgan fingerprint density at radius 2 is 2.18 bits per heavy atom. The van der Waals surface area contributed by atoms with Gasteiger partial charge in [0.25, 0.3) is 0 Å². The van der Waals surface area contributed by atoms with Crippen LogP contribution >= 0.6 is 0 Å². The topological polar surface area (TPSA) is 66.8 Å². The SMILES string of the molecule is C=CCOc1cc(O)c(C(C)C)cc1C(=O)O. The maximum atomic E-state index is 11.1. The summed E-state index contributed by atoms with van der Waals surface area (Å²) in [5.74, 6) is -0.837. The monoisotopic (exact) mass is 236 g/mol. The van der Waals surface area contributed by atoms with Crippen molar-refractivity contribution in [3.8, 4) is 11.5 Å². The zero-order valence-electron chi connectivity index (χ0n) is 9.93. The Hall–Kier alpha value is -1.97. The van der Waals surface area contributed by atoms with Crippen LogP contribution < -0.4 is 4.74 Å². The number of aromatic carboxylic acids is 1. The van der Waals surface area contributed by atoms with Crippen molar-refractivity contribution in [3.63, 3.8) is 0 Å². The van der Waals surface area contributed by atoms with Crippen LogP contribution in [0, 0.1) is 0 Å². The van der Waals surface area contributed by atoms with E-state index in [9.17, 15) is 9.90 Å². The van der Waals surface area contributed by atoms with E-state index < -0.39 is 5.97 Å². The molecule has 0 aliphatic rings. The molecular weight excluding hydrogens is 220 g/mol. The number of carboxylic acids is 1. The highest BCUT2D eigenvalue weighted by Crippen LogP contribution is 2.32. The predicted molar refractivity (Wildman–Crippen MR) is 64.8 cm³/mol. The number of carboxylic acid groups (broad SMARTS) is 1. The molecule has 0 saturated carbocycles. The first kappa shape index (κ1) is 13.1. The number of hydrogen-bond acceptors (Lipinski definition) is 3. The molecule has 1 rings (SSSR count). The lowest BCUT2D eigenvalue weighted by Crippen LogP contribution is -2.05. The second kappa shape index (κ2) is 5.39. The minimum Gasteiger partial charge on any atom is -0.508 e. The lowest BCUT2D eigenvalue weighted by atomic mass is 9.99. The van der Waals surface area contributed by atoms with Crippen molar-refractivity contribution in [2.45, 2.75) is 19.8 Å². The third kappa shape index (κ3) is 3.00. The Labute approximate surface area is 100 Å². The molecule has 92 valence electrons. The molecule has 0 fully saturated rings. The van der Waals surface area contributed by atoms with E-state index in [0.29, 0.717) is 5.56 Å². The molecule has 2 N–H and O–H groups in total. The van der Waals surface area contributed by atoms with Crippen molar-refractivity contribution < 1.29 is 19.7 Å². The van der Waals surface area contributed by atoms with E-state index >= 15 is 0 Å². The molecule has 17 heavy (non-hydrogen) atoms. The van der Waals surface area contributed by atoms with Gasteiger partial charge in [0.05, 0.1) is 0 Å². The summed E-state index contributed by atoms with van der Waals surface area (Å²) in [4.78, 5) is 11.1. The first-order valence-electron chi connectivity index (χ1n) is 5.31. The molecule has 0 spiro atoms. The third-order valence-corrected chi connectivity index (χ3v) is 2.34. The molecule has 0 unspecified atom stereocenters. The number of rotatable bonds is 5. The molecule has 0 aromatic heterocycles. The Balaban J connectivity index is 3.25. The summed E-state index contributed by atoms with van der Waals surface area (Å²) in [6.45, 7) is 7.44. The highest BCUT2D eigenvalue weighted by atomic mass is 16.5. The lowest BCUT2D eigenvalue weighted by Gasteiger charge is -2.13. The van der Waals surface area contributed by atoms with Crippen molar-refractivity contribution in [1.82, 2.24) is 0 Å². The van der Waals surface area contributed by atoms with Gasteiger partial charge in [0, 0.05) is 6.07 Å². The van der Waals surface area contributed by atoms with Crippen LogP contribution in [0.4, 0.5) is 0 Å². The highest BCUT2D eigenvalue weighted by Gasteiger charge is 2.17. The molecule has 0 radical (unpaired) electrons. The second-order valence-corrected chi connectivity index (χ2v) is 3.97. The summed E-state index contributed by atoms with van der Waals surface area (Å²) < 4.78 is 5.20. The Bertz CT molecular complexity index is 435. The smallest absolute Gasteiger partial charge is 0.339 e. The van der Waals surface area contributed by atoms with Gasteiger partial charge in [-0.3, -0.25) is 0 Å². The number of aromatic hydroxyl groups is 1. The normalized spacial score (nSPS) is 10.3. The van der Waals surface area contributed by atoms with E-state index in [0.717, 1.165) is 0 Å². The van der Waals surface area contributed by atoms with Crippen molar-refractivity contribution in [2.75, 3.05) is 6.61 Å². The highest BCUT2D eigenvalue weighted by molar-refractivity contribution is 5.91. The third-order valence-electron chi connectivity index (χ3n) is 2.34. The number of phenolic OH excluding ortho intramolecular Hbond substituents is 1. The molecule has 1 aromatic carbocycles. The summed E-state index contributed by atoms with van der Waals surface area (Å²) in [5, 5.41) is 18.8. The van der Waals surface area contributed by atoms with Gasteiger partial charge in [-0.15, -0.1) is 0 Å². The molecule has 0 bridgehead atoms. The number of benzene rings is 1. The van der Waals surface area contributed by atoms with Gasteiger partial charge in [-0.1, -0.05) is 26.5 Å². The van der Waals surface area contributed by atoms with Crippen LogP contribution in [0.15, 0.2) is 24.8 Å². The first-order chi connectivity index (χ1) is 7.97. The van der Waals surface area contributed by atoms with Gasteiger partial charge in [-0.25, -0.2) is 4.79 Å². The van der Waals surface area contributed by atoms with E-state index in [-0.39, 0.29) is 29.6 Å². The number of ether oxygens (including phenoxy) is 1.